The quantitative estimate of drug-likeness (QED) is 0.872. The summed E-state index contributed by atoms with van der Waals surface area (Å²) in [5, 5.41) is 1.64. The molecule has 3 rings (SSSR count). The zero-order valence-electron chi connectivity index (χ0n) is 9.91. The summed E-state index contributed by atoms with van der Waals surface area (Å²) in [6.07, 6.45) is 0.499. The van der Waals surface area contributed by atoms with Crippen molar-refractivity contribution < 1.29 is 4.79 Å². The van der Waals surface area contributed by atoms with Crippen molar-refractivity contribution in [3.63, 3.8) is 0 Å². The second kappa shape index (κ2) is 4.63. The smallest absolute Gasteiger partial charge is 0.243 e. The topological polar surface area (TPSA) is 32.3 Å². The number of nitrogens with zero attached hydrogens (tertiary/aromatic N) is 1. The Labute approximate surface area is 106 Å². The zero-order valence-corrected chi connectivity index (χ0v) is 9.91. The molecule has 1 saturated heterocycles. The van der Waals surface area contributed by atoms with Gasteiger partial charge in [-0.25, -0.2) is 10.4 Å². The van der Waals surface area contributed by atoms with Gasteiger partial charge in [0.2, 0.25) is 5.91 Å². The van der Waals surface area contributed by atoms with E-state index in [4.69, 9.17) is 0 Å². The summed E-state index contributed by atoms with van der Waals surface area (Å²) in [7, 11) is 0. The Morgan fingerprint density at radius 1 is 0.944 bits per heavy atom. The molecule has 2 aromatic rings. The summed E-state index contributed by atoms with van der Waals surface area (Å²) in [6, 6.07) is 19.8. The molecule has 90 valence electrons. The molecule has 0 unspecified atom stereocenters. The molecule has 1 aliphatic heterocycles. The number of para-hydroxylation sites is 1. The van der Waals surface area contributed by atoms with Gasteiger partial charge in [-0.2, -0.15) is 0 Å². The van der Waals surface area contributed by atoms with Gasteiger partial charge in [-0.15, -0.1) is 0 Å². The average molecular weight is 238 g/mol. The van der Waals surface area contributed by atoms with Crippen LogP contribution in [0.4, 0.5) is 5.69 Å². The summed E-state index contributed by atoms with van der Waals surface area (Å²) >= 11 is 0. The van der Waals surface area contributed by atoms with Crippen molar-refractivity contribution >= 4 is 11.6 Å². The van der Waals surface area contributed by atoms with Gasteiger partial charge in [0, 0.05) is 6.42 Å². The van der Waals surface area contributed by atoms with E-state index in [9.17, 15) is 4.79 Å². The van der Waals surface area contributed by atoms with Crippen LogP contribution in [-0.4, -0.2) is 5.91 Å². The lowest BCUT2D eigenvalue weighted by molar-refractivity contribution is -0.117. The number of benzene rings is 2. The van der Waals surface area contributed by atoms with Gasteiger partial charge in [0.05, 0.1) is 11.7 Å². The van der Waals surface area contributed by atoms with Crippen LogP contribution in [0, 0.1) is 0 Å². The minimum Gasteiger partial charge on any atom is -0.273 e. The molecule has 1 heterocycles. The second-order valence-corrected chi connectivity index (χ2v) is 4.36. The minimum atomic E-state index is 0.0684. The van der Waals surface area contributed by atoms with Crippen LogP contribution in [0.2, 0.25) is 0 Å². The number of hydrazine groups is 1. The predicted molar refractivity (Wildman–Crippen MR) is 70.9 cm³/mol. The number of amides is 1. The maximum absolute atomic E-state index is 12.0. The van der Waals surface area contributed by atoms with Crippen LogP contribution in [0.25, 0.3) is 0 Å². The molecule has 1 amide bonds. The Kier molecular flexibility index (Phi) is 2.82. The number of hydrogen-bond donors (Lipinski definition) is 1. The second-order valence-electron chi connectivity index (χ2n) is 4.36. The van der Waals surface area contributed by atoms with Gasteiger partial charge in [0.1, 0.15) is 0 Å². The third kappa shape index (κ3) is 2.00. The molecule has 3 nitrogen and oxygen atoms in total. The molecule has 1 aliphatic rings. The minimum absolute atomic E-state index is 0.0684. The molecule has 1 fully saturated rings. The lowest BCUT2D eigenvalue weighted by atomic mass is 10.1. The van der Waals surface area contributed by atoms with E-state index < -0.39 is 0 Å². The van der Waals surface area contributed by atoms with Crippen LogP contribution in [0.5, 0.6) is 0 Å². The first-order chi connectivity index (χ1) is 8.84. The lowest BCUT2D eigenvalue weighted by Crippen LogP contribution is -2.34. The Balaban J connectivity index is 1.83. The number of anilines is 1. The third-order valence-electron chi connectivity index (χ3n) is 3.13. The lowest BCUT2D eigenvalue weighted by Gasteiger charge is -2.18. The van der Waals surface area contributed by atoms with E-state index in [1.54, 1.807) is 5.01 Å². The van der Waals surface area contributed by atoms with Crippen molar-refractivity contribution in [3.05, 3.63) is 66.2 Å². The maximum Gasteiger partial charge on any atom is 0.243 e. The van der Waals surface area contributed by atoms with E-state index in [2.05, 4.69) is 5.43 Å². The van der Waals surface area contributed by atoms with Crippen molar-refractivity contribution in [2.45, 2.75) is 12.5 Å². The fourth-order valence-electron chi connectivity index (χ4n) is 2.21. The molecule has 2 aromatic carbocycles. The molecule has 1 N–H and O–H groups in total. The normalized spacial score (nSPS) is 19.2. The first kappa shape index (κ1) is 11.0. The van der Waals surface area contributed by atoms with Crippen molar-refractivity contribution in [1.29, 1.82) is 0 Å². The van der Waals surface area contributed by atoms with E-state index in [0.29, 0.717) is 6.42 Å². The summed E-state index contributed by atoms with van der Waals surface area (Å²) < 4.78 is 0. The molecule has 1 atom stereocenters. The van der Waals surface area contributed by atoms with Crippen molar-refractivity contribution in [1.82, 2.24) is 5.43 Å². The van der Waals surface area contributed by atoms with Crippen LogP contribution in [0.1, 0.15) is 18.0 Å². The van der Waals surface area contributed by atoms with E-state index in [0.717, 1.165) is 11.3 Å². The number of rotatable bonds is 2. The highest BCUT2D eigenvalue weighted by atomic mass is 16.2. The Bertz CT molecular complexity index is 539. The van der Waals surface area contributed by atoms with Crippen LogP contribution in [0.15, 0.2) is 60.7 Å². The monoisotopic (exact) mass is 238 g/mol. The maximum atomic E-state index is 12.0. The fourth-order valence-corrected chi connectivity index (χ4v) is 2.21. The summed E-state index contributed by atoms with van der Waals surface area (Å²) in [4.78, 5) is 12.0. The van der Waals surface area contributed by atoms with Crippen molar-refractivity contribution in [2.24, 2.45) is 0 Å². The summed E-state index contributed by atoms with van der Waals surface area (Å²) in [5.41, 5.74) is 5.29. The molecule has 0 bridgehead atoms. The van der Waals surface area contributed by atoms with Gasteiger partial charge in [-0.3, -0.25) is 4.79 Å². The van der Waals surface area contributed by atoms with Gasteiger partial charge in [-0.1, -0.05) is 48.5 Å². The molecule has 0 radical (unpaired) electrons. The molecular weight excluding hydrogens is 224 g/mol. The SMILES string of the molecule is O=C1C[C@H](c2ccccc2)NN1c1ccccc1. The highest BCUT2D eigenvalue weighted by Crippen LogP contribution is 2.27. The third-order valence-corrected chi connectivity index (χ3v) is 3.13. The molecular formula is C15H14N2O. The van der Waals surface area contributed by atoms with E-state index in [1.165, 1.54) is 0 Å². The van der Waals surface area contributed by atoms with E-state index in [1.807, 2.05) is 60.7 Å². The molecule has 0 saturated carbocycles. The van der Waals surface area contributed by atoms with Crippen LogP contribution < -0.4 is 10.4 Å². The molecule has 0 aliphatic carbocycles. The van der Waals surface area contributed by atoms with Gasteiger partial charge in [0.25, 0.3) is 0 Å². The first-order valence-corrected chi connectivity index (χ1v) is 6.04. The Morgan fingerprint density at radius 3 is 2.22 bits per heavy atom. The molecule has 0 aromatic heterocycles. The average Bonchev–Trinajstić information content (AvgIpc) is 2.83. The standard InChI is InChI=1S/C15H14N2O/c18-15-11-14(12-7-3-1-4-8-12)16-17(15)13-9-5-2-6-10-13/h1-10,14,16H,11H2/t14-/m1/s1. The number of hydrogen-bond acceptors (Lipinski definition) is 2. The predicted octanol–water partition coefficient (Wildman–Crippen LogP) is 2.67. The van der Waals surface area contributed by atoms with Crippen molar-refractivity contribution in [3.8, 4) is 0 Å². The number of nitrogens with one attached hydrogen (secondary N) is 1. The summed E-state index contributed by atoms with van der Waals surface area (Å²) in [5.74, 6) is 0.107. The highest BCUT2D eigenvalue weighted by Gasteiger charge is 2.30. The van der Waals surface area contributed by atoms with Gasteiger partial charge < -0.3 is 0 Å². The van der Waals surface area contributed by atoms with Crippen molar-refractivity contribution in [2.75, 3.05) is 5.01 Å². The fraction of sp³-hybridized carbons (Fsp3) is 0.133. The van der Waals surface area contributed by atoms with Gasteiger partial charge in [-0.05, 0) is 17.7 Å². The van der Waals surface area contributed by atoms with Gasteiger partial charge >= 0.3 is 0 Å². The van der Waals surface area contributed by atoms with Gasteiger partial charge in [0.15, 0.2) is 0 Å². The number of carbonyl (C=O) groups excluding carboxylic acids is 1. The van der Waals surface area contributed by atoms with E-state index >= 15 is 0 Å². The van der Waals surface area contributed by atoms with Crippen LogP contribution in [0.3, 0.4) is 0 Å². The van der Waals surface area contributed by atoms with Crippen LogP contribution in [-0.2, 0) is 4.79 Å². The molecule has 18 heavy (non-hydrogen) atoms. The summed E-state index contributed by atoms with van der Waals surface area (Å²) in [6.45, 7) is 0. The van der Waals surface area contributed by atoms with E-state index in [-0.39, 0.29) is 11.9 Å². The first-order valence-electron chi connectivity index (χ1n) is 6.04. The molecule has 0 spiro atoms. The zero-order chi connectivity index (χ0) is 12.4. The largest absolute Gasteiger partial charge is 0.273 e. The number of carbonyl (C=O) groups is 1. The Hall–Kier alpha value is -2.13. The highest BCUT2D eigenvalue weighted by molar-refractivity contribution is 5.95. The van der Waals surface area contributed by atoms with Crippen LogP contribution >= 0.6 is 0 Å². The molecule has 3 heteroatoms. The Morgan fingerprint density at radius 2 is 1.56 bits per heavy atom.